The highest BCUT2D eigenvalue weighted by Crippen LogP contribution is 2.44. The van der Waals surface area contributed by atoms with E-state index in [9.17, 15) is 15.2 Å². The minimum absolute atomic E-state index is 0. The minimum Gasteiger partial charge on any atom is -0.410 e. The van der Waals surface area contributed by atoms with Crippen molar-refractivity contribution in [1.29, 1.82) is 5.26 Å². The van der Waals surface area contributed by atoms with Gasteiger partial charge in [-0.3, -0.25) is 4.68 Å². The summed E-state index contributed by atoms with van der Waals surface area (Å²) >= 11 is 0. The SMILES string of the molecule is Cn1ccc(Nc2nccc(-c3cc(C#N)c4c(c3)[C@](C)(CO)CN4[B]C=O)n2)n1.S. The fraction of sp³-hybridized carbons (Fsp3) is 0.250. The maximum atomic E-state index is 11.1. The number of rotatable bonds is 6. The largest absolute Gasteiger partial charge is 0.410 e. The molecule has 0 saturated heterocycles. The van der Waals surface area contributed by atoms with Crippen LogP contribution in [0.25, 0.3) is 11.3 Å². The van der Waals surface area contributed by atoms with E-state index in [1.165, 1.54) is 7.41 Å². The molecule has 0 unspecified atom stereocenters. The molecule has 1 aromatic carbocycles. The van der Waals surface area contributed by atoms with E-state index in [-0.39, 0.29) is 20.1 Å². The molecule has 11 heteroatoms. The number of carbonyl (C=O) groups excluding carboxylic acids is 1. The van der Waals surface area contributed by atoms with Crippen LogP contribution in [0.2, 0.25) is 0 Å². The third-order valence-corrected chi connectivity index (χ3v) is 5.18. The Balaban J connectivity index is 0.00000272. The molecular formula is C20H21BN7O2S. The Morgan fingerprint density at radius 3 is 2.87 bits per heavy atom. The average molecular weight is 434 g/mol. The number of aliphatic hydroxyl groups excluding tert-OH is 1. The first-order valence-electron chi connectivity index (χ1n) is 9.32. The number of aromatic nitrogens is 4. The lowest BCUT2D eigenvalue weighted by Gasteiger charge is -2.23. The van der Waals surface area contributed by atoms with Crippen LogP contribution in [-0.2, 0) is 17.3 Å². The molecule has 0 bridgehead atoms. The molecular weight excluding hydrogens is 413 g/mol. The quantitative estimate of drug-likeness (QED) is 0.442. The number of nitriles is 1. The van der Waals surface area contributed by atoms with E-state index in [1.54, 1.807) is 27.8 Å². The summed E-state index contributed by atoms with van der Waals surface area (Å²) in [5.74, 6) is 1.00. The molecule has 157 valence electrons. The van der Waals surface area contributed by atoms with Gasteiger partial charge in [-0.15, -0.1) is 0 Å². The van der Waals surface area contributed by atoms with Crippen molar-refractivity contribution in [2.75, 3.05) is 23.3 Å². The summed E-state index contributed by atoms with van der Waals surface area (Å²) in [6, 6.07) is 9.43. The molecule has 0 spiro atoms. The first kappa shape index (κ1) is 22.3. The third kappa shape index (κ3) is 4.12. The van der Waals surface area contributed by atoms with Gasteiger partial charge in [-0.25, -0.2) is 9.97 Å². The maximum absolute atomic E-state index is 11.1. The first-order chi connectivity index (χ1) is 14.5. The highest BCUT2D eigenvalue weighted by molar-refractivity contribution is 7.59. The van der Waals surface area contributed by atoms with Crippen molar-refractivity contribution in [3.8, 4) is 17.3 Å². The molecule has 1 aliphatic rings. The number of aryl methyl sites for hydroxylation is 1. The summed E-state index contributed by atoms with van der Waals surface area (Å²) in [6.07, 6.45) is 4.12. The predicted octanol–water partition coefficient (Wildman–Crippen LogP) is 1.48. The molecule has 9 nitrogen and oxygen atoms in total. The molecule has 2 aromatic heterocycles. The number of anilines is 3. The topological polar surface area (TPSA) is 120 Å². The standard InChI is InChI=1S/C20H19BN7O2.H2S/c1-20(11-29)10-28(21-12-30)18-14(9-22)7-13(8-15(18)20)16-3-5-23-19(24-16)25-17-4-6-27(2)26-17;/h3-8,12,29H,10-11H2,1-2H3,(H,23,24,25,26);1H2/t20-;/m0./s1. The lowest BCUT2D eigenvalue weighted by molar-refractivity contribution is 0.217. The van der Waals surface area contributed by atoms with Gasteiger partial charge >= 0.3 is 7.41 Å². The van der Waals surface area contributed by atoms with E-state index in [1.807, 2.05) is 32.3 Å². The second-order valence-corrected chi connectivity index (χ2v) is 7.43. The van der Waals surface area contributed by atoms with Gasteiger partial charge in [-0.1, -0.05) is 6.92 Å². The van der Waals surface area contributed by atoms with E-state index in [4.69, 9.17) is 0 Å². The molecule has 0 amide bonds. The van der Waals surface area contributed by atoms with Gasteiger partial charge < -0.3 is 20.0 Å². The Hall–Kier alpha value is -3.36. The van der Waals surface area contributed by atoms with Crippen LogP contribution in [0.3, 0.4) is 0 Å². The van der Waals surface area contributed by atoms with Gasteiger partial charge in [0, 0.05) is 48.7 Å². The van der Waals surface area contributed by atoms with Gasteiger partial charge in [-0.2, -0.15) is 23.9 Å². The van der Waals surface area contributed by atoms with Gasteiger partial charge in [0.1, 0.15) is 12.3 Å². The number of nitrogens with one attached hydrogen (secondary N) is 1. The van der Waals surface area contributed by atoms with Crippen molar-refractivity contribution in [3.05, 3.63) is 47.8 Å². The third-order valence-electron chi connectivity index (χ3n) is 5.18. The molecule has 3 heterocycles. The Morgan fingerprint density at radius 1 is 1.42 bits per heavy atom. The Morgan fingerprint density at radius 2 is 2.23 bits per heavy atom. The van der Waals surface area contributed by atoms with Crippen molar-refractivity contribution in [1.82, 2.24) is 19.7 Å². The van der Waals surface area contributed by atoms with Crippen LogP contribution in [0.5, 0.6) is 0 Å². The lowest BCUT2D eigenvalue weighted by Crippen LogP contribution is -2.36. The Bertz CT molecular complexity index is 1160. The van der Waals surface area contributed by atoms with E-state index >= 15 is 0 Å². The zero-order chi connectivity index (χ0) is 21.3. The number of benzene rings is 1. The van der Waals surface area contributed by atoms with Crippen molar-refractivity contribution in [2.24, 2.45) is 7.05 Å². The normalized spacial score (nSPS) is 16.8. The Kier molecular flexibility index (Phi) is 6.33. The predicted molar refractivity (Wildman–Crippen MR) is 123 cm³/mol. The molecule has 3 aromatic rings. The second-order valence-electron chi connectivity index (χ2n) is 7.43. The lowest BCUT2D eigenvalue weighted by atomic mass is 9.83. The zero-order valence-electron chi connectivity index (χ0n) is 17.1. The molecule has 1 atom stereocenters. The van der Waals surface area contributed by atoms with Crippen molar-refractivity contribution in [2.45, 2.75) is 12.3 Å². The maximum Gasteiger partial charge on any atom is 0.329 e. The van der Waals surface area contributed by atoms with E-state index in [0.29, 0.717) is 41.4 Å². The van der Waals surface area contributed by atoms with E-state index in [2.05, 4.69) is 26.5 Å². The number of aliphatic hydroxyl groups is 1. The van der Waals surface area contributed by atoms with E-state index in [0.717, 1.165) is 11.1 Å². The van der Waals surface area contributed by atoms with Gasteiger partial charge in [0.25, 0.3) is 0 Å². The van der Waals surface area contributed by atoms with Gasteiger partial charge in [-0.05, 0) is 23.8 Å². The first-order valence-corrected chi connectivity index (χ1v) is 9.32. The van der Waals surface area contributed by atoms with Crippen LogP contribution >= 0.6 is 13.5 Å². The van der Waals surface area contributed by atoms with Crippen LogP contribution in [0.1, 0.15) is 18.1 Å². The van der Waals surface area contributed by atoms with Crippen LogP contribution in [0, 0.1) is 11.3 Å². The monoisotopic (exact) mass is 434 g/mol. The zero-order valence-corrected chi connectivity index (χ0v) is 18.1. The van der Waals surface area contributed by atoms with Crippen LogP contribution in [0.4, 0.5) is 17.5 Å². The summed E-state index contributed by atoms with van der Waals surface area (Å²) in [5.41, 5.74) is 2.60. The molecule has 31 heavy (non-hydrogen) atoms. The molecule has 0 saturated carbocycles. The second kappa shape index (κ2) is 8.79. The summed E-state index contributed by atoms with van der Waals surface area (Å²) in [5, 5.41) is 27.1. The van der Waals surface area contributed by atoms with Crippen molar-refractivity contribution in [3.63, 3.8) is 0 Å². The number of fused-ring (bicyclic) bond motifs is 1. The smallest absolute Gasteiger partial charge is 0.329 e. The number of nitrogens with zero attached hydrogens (tertiary/aromatic N) is 6. The summed E-state index contributed by atoms with van der Waals surface area (Å²) in [7, 11) is 3.21. The van der Waals surface area contributed by atoms with Gasteiger partial charge in [0.15, 0.2) is 5.82 Å². The van der Waals surface area contributed by atoms with Crippen molar-refractivity contribution < 1.29 is 9.90 Å². The fourth-order valence-electron chi connectivity index (χ4n) is 3.69. The minimum atomic E-state index is -0.613. The number of hydrogen-bond donors (Lipinski definition) is 2. The molecule has 0 aliphatic carbocycles. The summed E-state index contributed by atoms with van der Waals surface area (Å²) < 4.78 is 1.67. The van der Waals surface area contributed by atoms with Crippen LogP contribution in [0.15, 0.2) is 36.7 Å². The summed E-state index contributed by atoms with van der Waals surface area (Å²) in [4.78, 5) is 21.6. The van der Waals surface area contributed by atoms with Gasteiger partial charge in [0.2, 0.25) is 5.95 Å². The van der Waals surface area contributed by atoms with Gasteiger partial charge in [0.05, 0.1) is 17.9 Å². The average Bonchev–Trinajstić information content (AvgIpc) is 3.29. The molecule has 1 aliphatic heterocycles. The van der Waals surface area contributed by atoms with E-state index < -0.39 is 5.41 Å². The molecule has 0 fully saturated rings. The molecule has 2 N–H and O–H groups in total. The van der Waals surface area contributed by atoms with Crippen molar-refractivity contribution >= 4 is 44.5 Å². The van der Waals surface area contributed by atoms with Crippen LogP contribution in [-0.4, -0.2) is 51.6 Å². The van der Waals surface area contributed by atoms with Crippen LogP contribution < -0.4 is 10.1 Å². The molecule has 4 rings (SSSR count). The molecule has 1 radical (unpaired) electrons. The number of hydrogen-bond acceptors (Lipinski definition) is 8. The fourth-order valence-corrected chi connectivity index (χ4v) is 3.69. The number of carbonyl (C=O) groups is 1. The Labute approximate surface area is 187 Å². The highest BCUT2D eigenvalue weighted by Gasteiger charge is 2.40. The highest BCUT2D eigenvalue weighted by atomic mass is 32.1. The summed E-state index contributed by atoms with van der Waals surface area (Å²) in [6.45, 7) is 2.20.